The maximum atomic E-state index is 9.42. The van der Waals surface area contributed by atoms with Gasteiger partial charge in [0.15, 0.2) is 11.5 Å². The predicted octanol–water partition coefficient (Wildman–Crippen LogP) is 2.58. The Bertz CT molecular complexity index is 498. The highest BCUT2D eigenvalue weighted by Crippen LogP contribution is 2.35. The van der Waals surface area contributed by atoms with E-state index in [-0.39, 0.29) is 12.5 Å². The first-order valence-corrected chi connectivity index (χ1v) is 8.45. The molecule has 0 amide bonds. The second kappa shape index (κ2) is 9.33. The number of benzene rings is 1. The van der Waals surface area contributed by atoms with E-state index in [1.165, 1.54) is 0 Å². The van der Waals surface area contributed by atoms with Crippen LogP contribution in [0.1, 0.15) is 18.9 Å². The van der Waals surface area contributed by atoms with E-state index >= 15 is 0 Å². The van der Waals surface area contributed by atoms with Gasteiger partial charge < -0.3 is 19.3 Å². The fraction of sp³-hybridized carbons (Fsp3) is 0.647. The first-order chi connectivity index (χ1) is 11.2. The normalized spacial score (nSPS) is 19.4. The fourth-order valence-electron chi connectivity index (χ4n) is 2.71. The molecule has 0 unspecified atom stereocenters. The Morgan fingerprint density at radius 2 is 2.26 bits per heavy atom. The molecule has 1 saturated heterocycles. The minimum atomic E-state index is 0.133. The standard InChI is InChI=1S/C17H26ClNO4/c1-3-5-23-17-14(7-15(18)8-16(17)21-2)10-19-4-6-22-12-13(9-19)11-20/h7-8,13,20H,3-6,9-12H2,1-2H3/t13-/m1/s1. The summed E-state index contributed by atoms with van der Waals surface area (Å²) in [6.45, 7) is 6.40. The zero-order valence-electron chi connectivity index (χ0n) is 13.9. The van der Waals surface area contributed by atoms with Crippen LogP contribution in [-0.4, -0.2) is 56.6 Å². The zero-order chi connectivity index (χ0) is 16.7. The molecular formula is C17H26ClNO4. The number of aliphatic hydroxyl groups is 1. The topological polar surface area (TPSA) is 51.2 Å². The first-order valence-electron chi connectivity index (χ1n) is 8.08. The maximum Gasteiger partial charge on any atom is 0.165 e. The van der Waals surface area contributed by atoms with E-state index in [1.807, 2.05) is 6.07 Å². The van der Waals surface area contributed by atoms with E-state index in [1.54, 1.807) is 13.2 Å². The quantitative estimate of drug-likeness (QED) is 0.824. The number of hydrogen-bond donors (Lipinski definition) is 1. The van der Waals surface area contributed by atoms with E-state index in [0.717, 1.165) is 30.8 Å². The van der Waals surface area contributed by atoms with Crippen LogP contribution in [0, 0.1) is 5.92 Å². The second-order valence-electron chi connectivity index (χ2n) is 5.80. The van der Waals surface area contributed by atoms with E-state index in [0.29, 0.717) is 37.1 Å². The van der Waals surface area contributed by atoms with Crippen molar-refractivity contribution in [1.82, 2.24) is 4.90 Å². The molecule has 1 aliphatic rings. The van der Waals surface area contributed by atoms with Gasteiger partial charge in [0.05, 0.1) is 26.9 Å². The molecule has 0 bridgehead atoms. The van der Waals surface area contributed by atoms with Crippen LogP contribution in [-0.2, 0) is 11.3 Å². The minimum absolute atomic E-state index is 0.133. The molecule has 2 rings (SSSR count). The van der Waals surface area contributed by atoms with Gasteiger partial charge in [-0.25, -0.2) is 0 Å². The van der Waals surface area contributed by atoms with Gasteiger partial charge >= 0.3 is 0 Å². The lowest BCUT2D eigenvalue weighted by molar-refractivity contribution is 0.0958. The number of ether oxygens (including phenoxy) is 3. The number of rotatable bonds is 7. The number of aliphatic hydroxyl groups excluding tert-OH is 1. The summed E-state index contributed by atoms with van der Waals surface area (Å²) in [5.74, 6) is 1.55. The summed E-state index contributed by atoms with van der Waals surface area (Å²) in [7, 11) is 1.62. The third-order valence-corrected chi connectivity index (χ3v) is 4.06. The number of hydrogen-bond acceptors (Lipinski definition) is 5. The molecule has 0 aliphatic carbocycles. The van der Waals surface area contributed by atoms with Crippen molar-refractivity contribution in [2.75, 3.05) is 46.6 Å². The zero-order valence-corrected chi connectivity index (χ0v) is 14.6. The van der Waals surface area contributed by atoms with Crippen molar-refractivity contribution in [3.63, 3.8) is 0 Å². The van der Waals surface area contributed by atoms with Gasteiger partial charge in [-0.1, -0.05) is 18.5 Å². The minimum Gasteiger partial charge on any atom is -0.493 e. The van der Waals surface area contributed by atoms with Gasteiger partial charge in [0.2, 0.25) is 0 Å². The van der Waals surface area contributed by atoms with E-state index in [9.17, 15) is 5.11 Å². The Labute approximate surface area is 143 Å². The Kier molecular flexibility index (Phi) is 7.43. The molecule has 1 heterocycles. The smallest absolute Gasteiger partial charge is 0.165 e. The van der Waals surface area contributed by atoms with Gasteiger partial charge in [-0.2, -0.15) is 0 Å². The summed E-state index contributed by atoms with van der Waals surface area (Å²) >= 11 is 6.22. The average Bonchev–Trinajstić information content (AvgIpc) is 2.78. The highest BCUT2D eigenvalue weighted by Gasteiger charge is 2.21. The van der Waals surface area contributed by atoms with Gasteiger partial charge in [0.1, 0.15) is 0 Å². The van der Waals surface area contributed by atoms with Gasteiger partial charge in [0, 0.05) is 48.8 Å². The molecule has 1 aromatic carbocycles. The molecule has 1 fully saturated rings. The number of halogens is 1. The molecule has 6 heteroatoms. The van der Waals surface area contributed by atoms with Crippen molar-refractivity contribution in [2.24, 2.45) is 5.92 Å². The van der Waals surface area contributed by atoms with Crippen LogP contribution in [0.4, 0.5) is 0 Å². The Morgan fingerprint density at radius 3 is 2.96 bits per heavy atom. The highest BCUT2D eigenvalue weighted by atomic mass is 35.5. The molecule has 0 aromatic heterocycles. The lowest BCUT2D eigenvalue weighted by Gasteiger charge is -2.24. The van der Waals surface area contributed by atoms with E-state index in [4.69, 9.17) is 25.8 Å². The highest BCUT2D eigenvalue weighted by molar-refractivity contribution is 6.30. The van der Waals surface area contributed by atoms with Gasteiger partial charge in [-0.3, -0.25) is 4.90 Å². The Morgan fingerprint density at radius 1 is 1.43 bits per heavy atom. The van der Waals surface area contributed by atoms with Crippen LogP contribution in [0.3, 0.4) is 0 Å². The van der Waals surface area contributed by atoms with Crippen molar-refractivity contribution >= 4 is 11.6 Å². The number of methoxy groups -OCH3 is 1. The van der Waals surface area contributed by atoms with Crippen molar-refractivity contribution in [1.29, 1.82) is 0 Å². The second-order valence-corrected chi connectivity index (χ2v) is 6.24. The summed E-state index contributed by atoms with van der Waals surface area (Å²) in [5, 5.41) is 10.1. The first kappa shape index (κ1) is 18.3. The lowest BCUT2D eigenvalue weighted by Crippen LogP contribution is -2.31. The Balaban J connectivity index is 2.20. The molecule has 1 N–H and O–H groups in total. The lowest BCUT2D eigenvalue weighted by atomic mass is 10.1. The van der Waals surface area contributed by atoms with E-state index in [2.05, 4.69) is 11.8 Å². The molecule has 130 valence electrons. The van der Waals surface area contributed by atoms with Crippen molar-refractivity contribution in [2.45, 2.75) is 19.9 Å². The van der Waals surface area contributed by atoms with Crippen LogP contribution < -0.4 is 9.47 Å². The molecule has 0 saturated carbocycles. The van der Waals surface area contributed by atoms with E-state index < -0.39 is 0 Å². The summed E-state index contributed by atoms with van der Waals surface area (Å²) in [6, 6.07) is 3.70. The maximum absolute atomic E-state index is 9.42. The third kappa shape index (κ3) is 5.24. The van der Waals surface area contributed by atoms with Crippen LogP contribution in [0.5, 0.6) is 11.5 Å². The number of nitrogens with zero attached hydrogens (tertiary/aromatic N) is 1. The molecule has 5 nitrogen and oxygen atoms in total. The molecule has 23 heavy (non-hydrogen) atoms. The molecule has 1 aromatic rings. The van der Waals surface area contributed by atoms with Gasteiger partial charge in [-0.05, 0) is 12.5 Å². The molecular weight excluding hydrogens is 318 g/mol. The fourth-order valence-corrected chi connectivity index (χ4v) is 2.94. The summed E-state index contributed by atoms with van der Waals surface area (Å²) in [4.78, 5) is 2.26. The third-order valence-electron chi connectivity index (χ3n) is 3.84. The van der Waals surface area contributed by atoms with Crippen LogP contribution in [0.25, 0.3) is 0 Å². The molecule has 0 spiro atoms. The Hall–Kier alpha value is -1.01. The summed E-state index contributed by atoms with van der Waals surface area (Å²) in [6.07, 6.45) is 0.926. The largest absolute Gasteiger partial charge is 0.493 e. The average molecular weight is 344 g/mol. The van der Waals surface area contributed by atoms with Crippen molar-refractivity contribution < 1.29 is 19.3 Å². The van der Waals surface area contributed by atoms with Crippen molar-refractivity contribution in [3.05, 3.63) is 22.7 Å². The monoisotopic (exact) mass is 343 g/mol. The molecule has 1 atom stereocenters. The SMILES string of the molecule is CCCOc1c(CN2CCOC[C@@H](CO)C2)cc(Cl)cc1OC. The van der Waals surface area contributed by atoms with Gasteiger partial charge in [0.25, 0.3) is 0 Å². The van der Waals surface area contributed by atoms with Crippen molar-refractivity contribution in [3.8, 4) is 11.5 Å². The predicted molar refractivity (Wildman–Crippen MR) is 90.5 cm³/mol. The van der Waals surface area contributed by atoms with Crippen LogP contribution in [0.15, 0.2) is 12.1 Å². The summed E-state index contributed by atoms with van der Waals surface area (Å²) in [5.41, 5.74) is 1.00. The van der Waals surface area contributed by atoms with Crippen LogP contribution >= 0.6 is 11.6 Å². The summed E-state index contributed by atoms with van der Waals surface area (Å²) < 4.78 is 16.9. The van der Waals surface area contributed by atoms with Gasteiger partial charge in [-0.15, -0.1) is 0 Å². The molecule has 0 radical (unpaired) electrons. The molecule has 1 aliphatic heterocycles. The van der Waals surface area contributed by atoms with Crippen LogP contribution in [0.2, 0.25) is 5.02 Å².